The molecular formula is C10H16N2O. The van der Waals surface area contributed by atoms with Crippen molar-refractivity contribution in [1.82, 2.24) is 5.43 Å². The van der Waals surface area contributed by atoms with E-state index in [1.54, 1.807) is 0 Å². The van der Waals surface area contributed by atoms with Gasteiger partial charge in [-0.2, -0.15) is 5.10 Å². The van der Waals surface area contributed by atoms with Gasteiger partial charge in [0.1, 0.15) is 0 Å². The Morgan fingerprint density at radius 2 is 2.08 bits per heavy atom. The lowest BCUT2D eigenvalue weighted by molar-refractivity contribution is -0.127. The minimum Gasteiger partial charge on any atom is -0.272 e. The van der Waals surface area contributed by atoms with Gasteiger partial charge in [-0.1, -0.05) is 12.8 Å². The van der Waals surface area contributed by atoms with Crippen molar-refractivity contribution in [1.29, 1.82) is 0 Å². The molecule has 72 valence electrons. The summed E-state index contributed by atoms with van der Waals surface area (Å²) in [6.07, 6.45) is 4.88. The summed E-state index contributed by atoms with van der Waals surface area (Å²) in [5.41, 5.74) is 3.24. The molecule has 1 saturated carbocycles. The summed E-state index contributed by atoms with van der Waals surface area (Å²) in [5.74, 6) is 0.607. The Labute approximate surface area is 78.6 Å². The molecule has 3 heteroatoms. The summed E-state index contributed by atoms with van der Waals surface area (Å²) < 4.78 is 0. The van der Waals surface area contributed by atoms with Crippen molar-refractivity contribution < 1.29 is 4.79 Å². The van der Waals surface area contributed by atoms with E-state index >= 15 is 0 Å². The number of hydrogen-bond donors (Lipinski definition) is 1. The van der Waals surface area contributed by atoms with Crippen molar-refractivity contribution in [2.45, 2.75) is 39.5 Å². The highest BCUT2D eigenvalue weighted by Gasteiger charge is 2.47. The number of hydrazone groups is 1. The Hall–Kier alpha value is -0.860. The van der Waals surface area contributed by atoms with E-state index in [9.17, 15) is 4.79 Å². The first-order valence-electron chi connectivity index (χ1n) is 5.01. The maximum absolute atomic E-state index is 11.7. The first-order chi connectivity index (χ1) is 6.15. The third-order valence-corrected chi connectivity index (χ3v) is 3.72. The van der Waals surface area contributed by atoms with Gasteiger partial charge in [-0.25, -0.2) is 5.43 Å². The second kappa shape index (κ2) is 2.82. The summed E-state index contributed by atoms with van der Waals surface area (Å²) >= 11 is 0. The standard InChI is InChI=1S/C10H16N2O/c1-7-10(2,9(13)12-11-7)8-5-3-4-6-8/h8H,3-6H2,1-2H3,(H,12,13). The molecule has 0 spiro atoms. The van der Waals surface area contributed by atoms with Gasteiger partial charge in [-0.05, 0) is 32.6 Å². The number of nitrogens with zero attached hydrogens (tertiary/aromatic N) is 1. The smallest absolute Gasteiger partial charge is 0.252 e. The van der Waals surface area contributed by atoms with Gasteiger partial charge < -0.3 is 0 Å². The van der Waals surface area contributed by atoms with Crippen LogP contribution in [0.4, 0.5) is 0 Å². The van der Waals surface area contributed by atoms with Crippen molar-refractivity contribution in [2.75, 3.05) is 0 Å². The molecule has 1 atom stereocenters. The van der Waals surface area contributed by atoms with E-state index in [1.165, 1.54) is 25.7 Å². The van der Waals surface area contributed by atoms with Crippen molar-refractivity contribution in [2.24, 2.45) is 16.4 Å². The topological polar surface area (TPSA) is 41.5 Å². The predicted octanol–water partition coefficient (Wildman–Crippen LogP) is 1.69. The van der Waals surface area contributed by atoms with Crippen LogP contribution in [-0.2, 0) is 4.79 Å². The fourth-order valence-corrected chi connectivity index (χ4v) is 2.52. The molecule has 2 rings (SSSR count). The van der Waals surface area contributed by atoms with E-state index in [2.05, 4.69) is 10.5 Å². The number of amides is 1. The second-order valence-electron chi connectivity index (χ2n) is 4.32. The molecule has 0 aromatic carbocycles. The molecule has 1 amide bonds. The van der Waals surface area contributed by atoms with E-state index in [1.807, 2.05) is 13.8 Å². The summed E-state index contributed by atoms with van der Waals surface area (Å²) in [5, 5.41) is 4.03. The van der Waals surface area contributed by atoms with Crippen LogP contribution in [0.5, 0.6) is 0 Å². The monoisotopic (exact) mass is 180 g/mol. The van der Waals surface area contributed by atoms with Crippen LogP contribution in [0.3, 0.4) is 0 Å². The van der Waals surface area contributed by atoms with E-state index < -0.39 is 0 Å². The Balaban J connectivity index is 2.26. The van der Waals surface area contributed by atoms with Gasteiger partial charge in [0.25, 0.3) is 5.91 Å². The van der Waals surface area contributed by atoms with Crippen molar-refractivity contribution in [3.63, 3.8) is 0 Å². The Kier molecular flexibility index (Phi) is 1.90. The van der Waals surface area contributed by atoms with Crippen molar-refractivity contribution in [3.05, 3.63) is 0 Å². The highest BCUT2D eigenvalue weighted by molar-refractivity contribution is 6.11. The molecule has 1 unspecified atom stereocenters. The fourth-order valence-electron chi connectivity index (χ4n) is 2.52. The third kappa shape index (κ3) is 1.10. The lowest BCUT2D eigenvalue weighted by atomic mass is 9.73. The normalized spacial score (nSPS) is 34.9. The lowest BCUT2D eigenvalue weighted by Crippen LogP contribution is -2.40. The van der Waals surface area contributed by atoms with Crippen LogP contribution in [0.2, 0.25) is 0 Å². The minimum atomic E-state index is -0.309. The summed E-state index contributed by atoms with van der Waals surface area (Å²) in [6.45, 7) is 3.99. The zero-order chi connectivity index (χ0) is 9.47. The van der Waals surface area contributed by atoms with E-state index in [0.717, 1.165) is 5.71 Å². The van der Waals surface area contributed by atoms with Crippen LogP contribution < -0.4 is 5.43 Å². The molecule has 2 aliphatic rings. The first kappa shape index (κ1) is 8.73. The van der Waals surface area contributed by atoms with Crippen molar-refractivity contribution >= 4 is 11.6 Å². The minimum absolute atomic E-state index is 0.0944. The van der Waals surface area contributed by atoms with Crippen molar-refractivity contribution in [3.8, 4) is 0 Å². The largest absolute Gasteiger partial charge is 0.272 e. The zero-order valence-electron chi connectivity index (χ0n) is 8.26. The highest BCUT2D eigenvalue weighted by atomic mass is 16.2. The van der Waals surface area contributed by atoms with Crippen LogP contribution in [-0.4, -0.2) is 11.6 Å². The molecule has 0 aromatic heterocycles. The number of rotatable bonds is 1. The molecule has 1 aliphatic heterocycles. The Bertz CT molecular complexity index is 266. The molecule has 1 N–H and O–H groups in total. The van der Waals surface area contributed by atoms with Crippen LogP contribution in [0.15, 0.2) is 5.10 Å². The van der Waals surface area contributed by atoms with E-state index in [0.29, 0.717) is 5.92 Å². The average molecular weight is 180 g/mol. The third-order valence-electron chi connectivity index (χ3n) is 3.72. The van der Waals surface area contributed by atoms with Crippen LogP contribution in [0, 0.1) is 11.3 Å². The summed E-state index contributed by atoms with van der Waals surface area (Å²) in [6, 6.07) is 0. The first-order valence-corrected chi connectivity index (χ1v) is 5.01. The Morgan fingerprint density at radius 1 is 1.46 bits per heavy atom. The quantitative estimate of drug-likeness (QED) is 0.655. The van der Waals surface area contributed by atoms with E-state index in [4.69, 9.17) is 0 Å². The van der Waals surface area contributed by atoms with Crippen LogP contribution >= 0.6 is 0 Å². The number of carbonyl (C=O) groups excluding carboxylic acids is 1. The number of carbonyl (C=O) groups is 1. The highest BCUT2D eigenvalue weighted by Crippen LogP contribution is 2.42. The molecule has 1 aliphatic carbocycles. The molecule has 0 radical (unpaired) electrons. The van der Waals surface area contributed by atoms with Gasteiger partial charge in [0.2, 0.25) is 0 Å². The molecule has 1 heterocycles. The summed E-state index contributed by atoms with van der Waals surface area (Å²) in [4.78, 5) is 11.7. The maximum Gasteiger partial charge on any atom is 0.252 e. The van der Waals surface area contributed by atoms with Gasteiger partial charge in [0.15, 0.2) is 0 Å². The predicted molar refractivity (Wildman–Crippen MR) is 51.3 cm³/mol. The molecule has 3 nitrogen and oxygen atoms in total. The molecule has 0 saturated heterocycles. The van der Waals surface area contributed by atoms with Gasteiger partial charge in [0.05, 0.1) is 11.1 Å². The van der Waals surface area contributed by atoms with Gasteiger partial charge in [-0.15, -0.1) is 0 Å². The lowest BCUT2D eigenvalue weighted by Gasteiger charge is -2.28. The van der Waals surface area contributed by atoms with Crippen LogP contribution in [0.1, 0.15) is 39.5 Å². The number of hydrogen-bond acceptors (Lipinski definition) is 2. The zero-order valence-corrected chi connectivity index (χ0v) is 8.26. The molecule has 13 heavy (non-hydrogen) atoms. The molecule has 0 aromatic rings. The number of nitrogens with one attached hydrogen (secondary N) is 1. The maximum atomic E-state index is 11.7. The summed E-state index contributed by atoms with van der Waals surface area (Å²) in [7, 11) is 0. The van der Waals surface area contributed by atoms with Crippen LogP contribution in [0.25, 0.3) is 0 Å². The fraction of sp³-hybridized carbons (Fsp3) is 0.800. The van der Waals surface area contributed by atoms with Gasteiger partial charge >= 0.3 is 0 Å². The van der Waals surface area contributed by atoms with E-state index in [-0.39, 0.29) is 11.3 Å². The molecular weight excluding hydrogens is 164 g/mol. The average Bonchev–Trinajstić information content (AvgIpc) is 2.70. The van der Waals surface area contributed by atoms with Gasteiger partial charge in [0, 0.05) is 0 Å². The molecule has 0 bridgehead atoms. The second-order valence-corrected chi connectivity index (χ2v) is 4.32. The molecule has 1 fully saturated rings. The Morgan fingerprint density at radius 3 is 2.54 bits per heavy atom. The van der Waals surface area contributed by atoms with Gasteiger partial charge in [-0.3, -0.25) is 4.79 Å². The SMILES string of the molecule is CC1=NNC(=O)C1(C)C1CCCC1.